The predicted molar refractivity (Wildman–Crippen MR) is 98.9 cm³/mol. The molecule has 6 nitrogen and oxygen atoms in total. The van der Waals surface area contributed by atoms with Gasteiger partial charge in [0.1, 0.15) is 5.71 Å². The summed E-state index contributed by atoms with van der Waals surface area (Å²) in [4.78, 5) is 15.3. The molecule has 9 heteroatoms. The summed E-state index contributed by atoms with van der Waals surface area (Å²) in [5.74, 6) is 0. The van der Waals surface area contributed by atoms with Crippen LogP contribution in [0.2, 0.25) is 0 Å². The van der Waals surface area contributed by atoms with E-state index in [1.54, 1.807) is 39.8 Å². The van der Waals surface area contributed by atoms with E-state index in [9.17, 15) is 10.1 Å². The van der Waals surface area contributed by atoms with Gasteiger partial charge in [-0.25, -0.2) is 4.98 Å². The molecular formula is C18H17BF2N4O2. The monoisotopic (exact) mass is 370 g/mol. The molecule has 2 aliphatic rings. The minimum Gasteiger partial charge on any atom is -0.393 e. The molecule has 2 aliphatic heterocycles. The fraction of sp³-hybridized carbons (Fsp3) is 0.222. The third-order valence-corrected chi connectivity index (χ3v) is 5.15. The number of aryl methyl sites for hydroxylation is 2. The second-order valence-electron chi connectivity index (χ2n) is 6.97. The standard InChI is InChI=1S/C18H17BF2N4O2/c1-10-8-12(3)23-17(10)15(16-14(25(26)27)6-5-7-22-16)18-11(2)9-13(4)24(18)19(23,20)21/h5-9H,1-4H3. The normalized spacial score (nSPS) is 17.8. The summed E-state index contributed by atoms with van der Waals surface area (Å²) in [6, 6.07) is 4.49. The van der Waals surface area contributed by atoms with Crippen molar-refractivity contribution in [1.29, 1.82) is 0 Å². The van der Waals surface area contributed by atoms with Gasteiger partial charge in [0.05, 0.1) is 10.5 Å². The molecule has 0 N–H and O–H groups in total. The molecule has 0 radical (unpaired) electrons. The van der Waals surface area contributed by atoms with Crippen LogP contribution < -0.4 is 0 Å². The molecule has 0 bridgehead atoms. The van der Waals surface area contributed by atoms with Crippen molar-refractivity contribution >= 4 is 23.9 Å². The molecule has 4 heterocycles. The number of hydrogen-bond acceptors (Lipinski definition) is 3. The van der Waals surface area contributed by atoms with Crippen LogP contribution in [0.1, 0.15) is 36.5 Å². The van der Waals surface area contributed by atoms with Crippen LogP contribution in [-0.2, 0) is 0 Å². The lowest BCUT2D eigenvalue weighted by Crippen LogP contribution is -2.51. The Kier molecular flexibility index (Phi) is 3.50. The summed E-state index contributed by atoms with van der Waals surface area (Å²) >= 11 is 0. The molecule has 0 saturated carbocycles. The van der Waals surface area contributed by atoms with Crippen LogP contribution in [0.15, 0.2) is 41.7 Å². The summed E-state index contributed by atoms with van der Waals surface area (Å²) in [6.45, 7) is 2.59. The zero-order valence-corrected chi connectivity index (χ0v) is 15.3. The van der Waals surface area contributed by atoms with E-state index in [-0.39, 0.29) is 22.8 Å². The number of halogens is 2. The van der Waals surface area contributed by atoms with Gasteiger partial charge in [0.2, 0.25) is 0 Å². The van der Waals surface area contributed by atoms with E-state index in [0.717, 1.165) is 8.96 Å². The number of pyridine rings is 1. The number of nitrogens with zero attached hydrogens (tertiary/aromatic N) is 4. The molecule has 0 unspecified atom stereocenters. The van der Waals surface area contributed by atoms with E-state index in [0.29, 0.717) is 28.1 Å². The van der Waals surface area contributed by atoms with Crippen LogP contribution in [-0.4, -0.2) is 31.6 Å². The van der Waals surface area contributed by atoms with E-state index in [1.807, 2.05) is 0 Å². The summed E-state index contributed by atoms with van der Waals surface area (Å²) in [7, 11) is 0. The van der Waals surface area contributed by atoms with Gasteiger partial charge in [-0.05, 0) is 44.2 Å². The van der Waals surface area contributed by atoms with Gasteiger partial charge < -0.3 is 17.6 Å². The highest BCUT2D eigenvalue weighted by atomic mass is 19.2. The largest absolute Gasteiger partial charge is 0.737 e. The minimum atomic E-state index is -4.12. The maximum atomic E-state index is 15.5. The first-order valence-electron chi connectivity index (χ1n) is 8.53. The molecule has 0 amide bonds. The quantitative estimate of drug-likeness (QED) is 0.459. The van der Waals surface area contributed by atoms with Crippen LogP contribution in [0.5, 0.6) is 0 Å². The van der Waals surface area contributed by atoms with Gasteiger partial charge in [0.15, 0.2) is 11.4 Å². The molecule has 0 atom stereocenters. The maximum Gasteiger partial charge on any atom is 0.737 e. The van der Waals surface area contributed by atoms with Gasteiger partial charge >= 0.3 is 6.97 Å². The van der Waals surface area contributed by atoms with Gasteiger partial charge in [0, 0.05) is 36.5 Å². The summed E-state index contributed by atoms with van der Waals surface area (Å²) in [5, 5.41) is 11.6. The number of allylic oxidation sites excluding steroid dienone is 2. The number of aromatic nitrogens is 2. The molecule has 0 aliphatic carbocycles. The number of fused-ring (bicyclic) bond motifs is 2. The predicted octanol–water partition coefficient (Wildman–Crippen LogP) is 3.84. The van der Waals surface area contributed by atoms with Crippen molar-refractivity contribution in [2.24, 2.45) is 0 Å². The summed E-state index contributed by atoms with van der Waals surface area (Å²) < 4.78 is 33.0. The van der Waals surface area contributed by atoms with Crippen molar-refractivity contribution in [2.75, 3.05) is 0 Å². The topological polar surface area (TPSA) is 64.0 Å². The zero-order valence-electron chi connectivity index (χ0n) is 15.3. The highest BCUT2D eigenvalue weighted by Gasteiger charge is 2.55. The van der Waals surface area contributed by atoms with Gasteiger partial charge in [-0.15, -0.1) is 0 Å². The van der Waals surface area contributed by atoms with Crippen LogP contribution in [0.3, 0.4) is 0 Å². The third-order valence-electron chi connectivity index (χ3n) is 5.15. The van der Waals surface area contributed by atoms with E-state index in [2.05, 4.69) is 4.98 Å². The van der Waals surface area contributed by atoms with Gasteiger partial charge in [-0.3, -0.25) is 10.1 Å². The van der Waals surface area contributed by atoms with E-state index >= 15 is 8.63 Å². The SMILES string of the molecule is CC1=CC(C)=[N+]2C1=C(c1ncccc1[N+](=O)[O-])c1c(C)cc(C)n1[B-]2(F)F. The Balaban J connectivity index is 2.22. The van der Waals surface area contributed by atoms with Gasteiger partial charge in [-0.1, -0.05) is 0 Å². The summed E-state index contributed by atoms with van der Waals surface area (Å²) in [6.07, 6.45) is 3.12. The molecular weight excluding hydrogens is 353 g/mol. The Morgan fingerprint density at radius 2 is 1.96 bits per heavy atom. The van der Waals surface area contributed by atoms with Gasteiger partial charge in [-0.2, -0.15) is 0 Å². The lowest BCUT2D eigenvalue weighted by molar-refractivity contribution is -0.385. The Hall–Kier alpha value is -3.10. The summed E-state index contributed by atoms with van der Waals surface area (Å²) in [5.41, 5.74) is 2.90. The average Bonchev–Trinajstić information content (AvgIpc) is 3.05. The molecule has 0 spiro atoms. The van der Waals surface area contributed by atoms with Crippen LogP contribution >= 0.6 is 0 Å². The fourth-order valence-corrected chi connectivity index (χ4v) is 4.26. The van der Waals surface area contributed by atoms with E-state index < -0.39 is 11.9 Å². The molecule has 4 rings (SSSR count). The van der Waals surface area contributed by atoms with Crippen LogP contribution in [0.4, 0.5) is 14.3 Å². The Bertz CT molecular complexity index is 1130. The van der Waals surface area contributed by atoms with Crippen molar-refractivity contribution in [3.05, 3.63) is 74.5 Å². The molecule has 138 valence electrons. The molecule has 2 aromatic rings. The third kappa shape index (κ3) is 2.17. The maximum absolute atomic E-state index is 15.5. The Morgan fingerprint density at radius 3 is 2.63 bits per heavy atom. The second kappa shape index (κ2) is 5.45. The first-order chi connectivity index (χ1) is 12.7. The molecule has 0 fully saturated rings. The molecule has 0 aromatic carbocycles. The van der Waals surface area contributed by atoms with Crippen LogP contribution in [0.25, 0.3) is 5.57 Å². The van der Waals surface area contributed by atoms with Crippen molar-refractivity contribution in [3.8, 4) is 0 Å². The van der Waals surface area contributed by atoms with E-state index in [1.165, 1.54) is 18.3 Å². The first-order valence-corrected chi connectivity index (χ1v) is 8.53. The highest BCUT2D eigenvalue weighted by molar-refractivity contribution is 6.58. The highest BCUT2D eigenvalue weighted by Crippen LogP contribution is 2.45. The Labute approximate surface area is 154 Å². The average molecular weight is 370 g/mol. The van der Waals surface area contributed by atoms with Crippen molar-refractivity contribution in [2.45, 2.75) is 27.7 Å². The zero-order chi connectivity index (χ0) is 19.7. The van der Waals surface area contributed by atoms with Crippen molar-refractivity contribution < 1.29 is 18.0 Å². The molecule has 27 heavy (non-hydrogen) atoms. The van der Waals surface area contributed by atoms with Crippen molar-refractivity contribution in [1.82, 2.24) is 9.46 Å². The van der Waals surface area contributed by atoms with Crippen LogP contribution in [0, 0.1) is 24.0 Å². The Morgan fingerprint density at radius 1 is 1.26 bits per heavy atom. The number of rotatable bonds is 2. The molecule has 0 saturated heterocycles. The molecule has 2 aromatic heterocycles. The van der Waals surface area contributed by atoms with Crippen molar-refractivity contribution in [3.63, 3.8) is 0 Å². The first kappa shape index (κ1) is 17.3. The fourth-order valence-electron chi connectivity index (χ4n) is 4.26. The second-order valence-corrected chi connectivity index (χ2v) is 6.97. The lowest BCUT2D eigenvalue weighted by atomic mass is 9.84. The van der Waals surface area contributed by atoms with Gasteiger partial charge in [0.25, 0.3) is 5.69 Å². The smallest absolute Gasteiger partial charge is 0.393 e. The minimum absolute atomic E-state index is 0.0960. The van der Waals surface area contributed by atoms with E-state index in [4.69, 9.17) is 0 Å². The lowest BCUT2D eigenvalue weighted by Gasteiger charge is -2.33. The number of nitro groups is 1. The number of hydrogen-bond donors (Lipinski definition) is 0.